The van der Waals surface area contributed by atoms with Gasteiger partial charge in [-0.25, -0.2) is 4.98 Å². The molecule has 1 fully saturated rings. The monoisotopic (exact) mass is 261 g/mol. The third-order valence-electron chi connectivity index (χ3n) is 4.12. The van der Waals surface area contributed by atoms with Crippen molar-refractivity contribution in [2.75, 3.05) is 18.0 Å². The summed E-state index contributed by atoms with van der Waals surface area (Å²) >= 11 is 0. The van der Waals surface area contributed by atoms with E-state index in [0.717, 1.165) is 13.1 Å². The van der Waals surface area contributed by atoms with E-state index in [4.69, 9.17) is 0 Å². The van der Waals surface area contributed by atoms with Crippen LogP contribution in [-0.4, -0.2) is 24.1 Å². The van der Waals surface area contributed by atoms with Gasteiger partial charge in [-0.1, -0.05) is 25.8 Å². The van der Waals surface area contributed by atoms with Gasteiger partial charge in [-0.2, -0.15) is 0 Å². The summed E-state index contributed by atoms with van der Waals surface area (Å²) in [6.07, 6.45) is 7.20. The number of hydrogen-bond acceptors (Lipinski definition) is 3. The Morgan fingerprint density at radius 2 is 2.26 bits per heavy atom. The van der Waals surface area contributed by atoms with E-state index in [2.05, 4.69) is 48.1 Å². The van der Waals surface area contributed by atoms with Crippen LogP contribution in [0.25, 0.3) is 0 Å². The first kappa shape index (κ1) is 14.3. The minimum atomic E-state index is 0.365. The average molecular weight is 261 g/mol. The molecule has 0 radical (unpaired) electrons. The molecule has 0 saturated carbocycles. The Bertz CT molecular complexity index is 391. The van der Waals surface area contributed by atoms with Gasteiger partial charge in [0.25, 0.3) is 0 Å². The molecule has 2 heterocycles. The second-order valence-corrected chi connectivity index (χ2v) is 5.59. The highest BCUT2D eigenvalue weighted by molar-refractivity contribution is 5.49. The molecule has 106 valence electrons. The molecule has 1 saturated heterocycles. The standard InChI is InChI=1S/C16H27N3/c1-4-17-14(3)15-10-8-11-18-16(15)19-12-7-5-6-9-13(19)2/h8,10-11,13-14,17H,4-7,9,12H2,1-3H3. The molecule has 2 rings (SSSR count). The molecule has 1 aliphatic rings. The number of rotatable bonds is 4. The molecular formula is C16H27N3. The van der Waals surface area contributed by atoms with Gasteiger partial charge in [0.05, 0.1) is 0 Å². The summed E-state index contributed by atoms with van der Waals surface area (Å²) in [6, 6.07) is 5.23. The second-order valence-electron chi connectivity index (χ2n) is 5.59. The van der Waals surface area contributed by atoms with Crippen LogP contribution in [0.3, 0.4) is 0 Å². The minimum absolute atomic E-state index is 0.365. The fourth-order valence-electron chi connectivity index (χ4n) is 2.99. The average Bonchev–Trinajstić information content (AvgIpc) is 2.64. The van der Waals surface area contributed by atoms with Crippen molar-refractivity contribution in [1.29, 1.82) is 0 Å². The number of hydrogen-bond donors (Lipinski definition) is 1. The quantitative estimate of drug-likeness (QED) is 0.899. The molecule has 1 aromatic rings. The highest BCUT2D eigenvalue weighted by Gasteiger charge is 2.22. The maximum absolute atomic E-state index is 4.68. The maximum Gasteiger partial charge on any atom is 0.133 e. The molecule has 0 spiro atoms. The zero-order valence-electron chi connectivity index (χ0n) is 12.5. The summed E-state index contributed by atoms with van der Waals surface area (Å²) in [7, 11) is 0. The largest absolute Gasteiger partial charge is 0.354 e. The predicted molar refractivity (Wildman–Crippen MR) is 81.6 cm³/mol. The molecule has 3 nitrogen and oxygen atoms in total. The normalized spacial score (nSPS) is 22.1. The summed E-state index contributed by atoms with van der Waals surface area (Å²) in [5.74, 6) is 1.19. The van der Waals surface area contributed by atoms with Gasteiger partial charge in [-0.15, -0.1) is 0 Å². The topological polar surface area (TPSA) is 28.2 Å². The van der Waals surface area contributed by atoms with E-state index in [9.17, 15) is 0 Å². The van der Waals surface area contributed by atoms with Crippen molar-refractivity contribution in [3.8, 4) is 0 Å². The summed E-state index contributed by atoms with van der Waals surface area (Å²) < 4.78 is 0. The first-order valence-electron chi connectivity index (χ1n) is 7.69. The zero-order valence-corrected chi connectivity index (χ0v) is 12.5. The Kier molecular flexibility index (Phi) is 5.20. The molecule has 1 aromatic heterocycles. The Balaban J connectivity index is 2.27. The van der Waals surface area contributed by atoms with Crippen molar-refractivity contribution in [1.82, 2.24) is 10.3 Å². The third kappa shape index (κ3) is 3.47. The number of pyridine rings is 1. The van der Waals surface area contributed by atoms with Gasteiger partial charge < -0.3 is 10.2 Å². The van der Waals surface area contributed by atoms with Crippen molar-refractivity contribution in [2.45, 2.75) is 58.5 Å². The summed E-state index contributed by atoms with van der Waals surface area (Å²) in [5, 5.41) is 3.51. The minimum Gasteiger partial charge on any atom is -0.354 e. The Hall–Kier alpha value is -1.09. The van der Waals surface area contributed by atoms with Crippen molar-refractivity contribution in [3.05, 3.63) is 23.9 Å². The molecule has 0 aliphatic carbocycles. The SMILES string of the molecule is CCNC(C)c1cccnc1N1CCCCCC1C. The van der Waals surface area contributed by atoms with E-state index in [0.29, 0.717) is 12.1 Å². The van der Waals surface area contributed by atoms with Crippen LogP contribution in [0.5, 0.6) is 0 Å². The first-order valence-corrected chi connectivity index (χ1v) is 7.69. The maximum atomic E-state index is 4.68. The van der Waals surface area contributed by atoms with Crippen LogP contribution < -0.4 is 10.2 Å². The van der Waals surface area contributed by atoms with E-state index in [-0.39, 0.29) is 0 Å². The number of nitrogens with one attached hydrogen (secondary N) is 1. The summed E-state index contributed by atoms with van der Waals surface area (Å²) in [5.41, 5.74) is 1.33. The van der Waals surface area contributed by atoms with Crippen LogP contribution in [0.1, 0.15) is 58.1 Å². The van der Waals surface area contributed by atoms with Crippen LogP contribution >= 0.6 is 0 Å². The van der Waals surface area contributed by atoms with Gasteiger partial charge in [-0.3, -0.25) is 0 Å². The van der Waals surface area contributed by atoms with E-state index < -0.39 is 0 Å². The fourth-order valence-corrected chi connectivity index (χ4v) is 2.99. The molecule has 1 N–H and O–H groups in total. The van der Waals surface area contributed by atoms with E-state index in [1.54, 1.807) is 0 Å². The van der Waals surface area contributed by atoms with Crippen LogP contribution in [0, 0.1) is 0 Å². The van der Waals surface area contributed by atoms with E-state index in [1.807, 2.05) is 6.20 Å². The molecule has 2 atom stereocenters. The van der Waals surface area contributed by atoms with Gasteiger partial charge in [0.15, 0.2) is 0 Å². The van der Waals surface area contributed by atoms with Crippen LogP contribution in [0.15, 0.2) is 18.3 Å². The second kappa shape index (κ2) is 6.90. The van der Waals surface area contributed by atoms with Crippen LogP contribution in [0.2, 0.25) is 0 Å². The summed E-state index contributed by atoms with van der Waals surface area (Å²) in [4.78, 5) is 7.19. The fraction of sp³-hybridized carbons (Fsp3) is 0.688. The molecule has 2 unspecified atom stereocenters. The van der Waals surface area contributed by atoms with Crippen LogP contribution in [-0.2, 0) is 0 Å². The lowest BCUT2D eigenvalue weighted by Gasteiger charge is -2.31. The zero-order chi connectivity index (χ0) is 13.7. The lowest BCUT2D eigenvalue weighted by atomic mass is 10.1. The van der Waals surface area contributed by atoms with Gasteiger partial charge in [0, 0.05) is 30.4 Å². The van der Waals surface area contributed by atoms with E-state index >= 15 is 0 Å². The lowest BCUT2D eigenvalue weighted by Crippen LogP contribution is -2.35. The molecular weight excluding hydrogens is 234 g/mol. The number of anilines is 1. The van der Waals surface area contributed by atoms with Gasteiger partial charge >= 0.3 is 0 Å². The number of nitrogens with zero attached hydrogens (tertiary/aromatic N) is 2. The lowest BCUT2D eigenvalue weighted by molar-refractivity contribution is 0.577. The Morgan fingerprint density at radius 3 is 3.05 bits per heavy atom. The van der Waals surface area contributed by atoms with Gasteiger partial charge in [0.2, 0.25) is 0 Å². The number of aromatic nitrogens is 1. The smallest absolute Gasteiger partial charge is 0.133 e. The molecule has 0 amide bonds. The highest BCUT2D eigenvalue weighted by atomic mass is 15.2. The third-order valence-corrected chi connectivity index (χ3v) is 4.12. The molecule has 0 aromatic carbocycles. The van der Waals surface area contributed by atoms with Crippen molar-refractivity contribution in [2.24, 2.45) is 0 Å². The first-order chi connectivity index (χ1) is 9.24. The highest BCUT2D eigenvalue weighted by Crippen LogP contribution is 2.28. The Morgan fingerprint density at radius 1 is 1.42 bits per heavy atom. The van der Waals surface area contributed by atoms with E-state index in [1.165, 1.54) is 37.1 Å². The molecule has 1 aliphatic heterocycles. The van der Waals surface area contributed by atoms with Crippen molar-refractivity contribution >= 4 is 5.82 Å². The van der Waals surface area contributed by atoms with Crippen LogP contribution in [0.4, 0.5) is 5.82 Å². The van der Waals surface area contributed by atoms with Gasteiger partial charge in [-0.05, 0) is 39.3 Å². The van der Waals surface area contributed by atoms with Crippen molar-refractivity contribution in [3.63, 3.8) is 0 Å². The Labute approximate surface area is 117 Å². The molecule has 0 bridgehead atoms. The van der Waals surface area contributed by atoms with Crippen molar-refractivity contribution < 1.29 is 0 Å². The summed E-state index contributed by atoms with van der Waals surface area (Å²) in [6.45, 7) is 8.85. The molecule has 19 heavy (non-hydrogen) atoms. The van der Waals surface area contributed by atoms with Gasteiger partial charge in [0.1, 0.15) is 5.82 Å². The predicted octanol–water partition coefficient (Wildman–Crippen LogP) is 3.52. The molecule has 3 heteroatoms.